The highest BCUT2D eigenvalue weighted by molar-refractivity contribution is 6.07. The van der Waals surface area contributed by atoms with Gasteiger partial charge in [0.2, 0.25) is 0 Å². The SMILES string of the molecule is C/C(=N\NC(=O)c1cc(C)nc2ccccc12)c1ccccc1. The van der Waals surface area contributed by atoms with Crippen molar-refractivity contribution in [1.82, 2.24) is 10.4 Å². The zero-order valence-corrected chi connectivity index (χ0v) is 13.1. The Labute approximate surface area is 134 Å². The maximum Gasteiger partial charge on any atom is 0.272 e. The molecule has 4 heteroatoms. The van der Waals surface area contributed by atoms with Crippen LogP contribution >= 0.6 is 0 Å². The number of hydrogen-bond donors (Lipinski definition) is 1. The molecule has 0 unspecified atom stereocenters. The molecule has 0 bridgehead atoms. The van der Waals surface area contributed by atoms with E-state index >= 15 is 0 Å². The van der Waals surface area contributed by atoms with Crippen molar-refractivity contribution in [3.05, 3.63) is 77.5 Å². The Bertz CT molecular complexity index is 886. The van der Waals surface area contributed by atoms with E-state index in [0.717, 1.165) is 27.9 Å². The minimum Gasteiger partial charge on any atom is -0.267 e. The topological polar surface area (TPSA) is 54.4 Å². The summed E-state index contributed by atoms with van der Waals surface area (Å²) >= 11 is 0. The van der Waals surface area contributed by atoms with Crippen molar-refractivity contribution >= 4 is 22.5 Å². The molecule has 1 aromatic heterocycles. The molecule has 0 radical (unpaired) electrons. The van der Waals surface area contributed by atoms with Gasteiger partial charge in [-0.1, -0.05) is 48.5 Å². The highest BCUT2D eigenvalue weighted by Crippen LogP contribution is 2.18. The van der Waals surface area contributed by atoms with Crippen LogP contribution in [0.25, 0.3) is 10.9 Å². The number of pyridine rings is 1. The predicted octanol–water partition coefficient (Wildman–Crippen LogP) is 3.70. The number of hydrazone groups is 1. The third kappa shape index (κ3) is 3.26. The lowest BCUT2D eigenvalue weighted by Crippen LogP contribution is -2.20. The molecule has 0 atom stereocenters. The van der Waals surface area contributed by atoms with Gasteiger partial charge in [0.05, 0.1) is 16.8 Å². The van der Waals surface area contributed by atoms with E-state index in [1.165, 1.54) is 0 Å². The fraction of sp³-hybridized carbons (Fsp3) is 0.105. The monoisotopic (exact) mass is 303 g/mol. The Hall–Kier alpha value is -3.01. The molecule has 114 valence electrons. The fourth-order valence-corrected chi connectivity index (χ4v) is 2.43. The number of hydrogen-bond acceptors (Lipinski definition) is 3. The minimum absolute atomic E-state index is 0.234. The first-order chi connectivity index (χ1) is 11.1. The van der Waals surface area contributed by atoms with Crippen LogP contribution in [0.15, 0.2) is 65.8 Å². The summed E-state index contributed by atoms with van der Waals surface area (Å²) in [6, 6.07) is 19.1. The first kappa shape index (κ1) is 14.9. The van der Waals surface area contributed by atoms with E-state index in [9.17, 15) is 4.79 Å². The molecule has 0 saturated carbocycles. The van der Waals surface area contributed by atoms with Gasteiger partial charge in [-0.3, -0.25) is 9.78 Å². The number of aromatic nitrogens is 1. The predicted molar refractivity (Wildman–Crippen MR) is 92.6 cm³/mol. The summed E-state index contributed by atoms with van der Waals surface area (Å²) in [4.78, 5) is 16.9. The second-order valence-corrected chi connectivity index (χ2v) is 5.33. The summed E-state index contributed by atoms with van der Waals surface area (Å²) in [7, 11) is 0. The summed E-state index contributed by atoms with van der Waals surface area (Å²) < 4.78 is 0. The largest absolute Gasteiger partial charge is 0.272 e. The highest BCUT2D eigenvalue weighted by atomic mass is 16.2. The van der Waals surface area contributed by atoms with E-state index in [1.54, 1.807) is 6.07 Å². The van der Waals surface area contributed by atoms with Crippen LogP contribution in [-0.4, -0.2) is 16.6 Å². The van der Waals surface area contributed by atoms with Gasteiger partial charge in [0.1, 0.15) is 0 Å². The molecule has 0 saturated heterocycles. The molecule has 23 heavy (non-hydrogen) atoms. The number of aryl methyl sites for hydroxylation is 1. The van der Waals surface area contributed by atoms with Crippen molar-refractivity contribution in [2.24, 2.45) is 5.10 Å². The van der Waals surface area contributed by atoms with Crippen molar-refractivity contribution in [2.45, 2.75) is 13.8 Å². The lowest BCUT2D eigenvalue weighted by molar-refractivity contribution is 0.0956. The molecule has 1 amide bonds. The van der Waals surface area contributed by atoms with Crippen LogP contribution in [0.1, 0.15) is 28.5 Å². The summed E-state index contributed by atoms with van der Waals surface area (Å²) in [6.07, 6.45) is 0. The van der Waals surface area contributed by atoms with Crippen LogP contribution in [0.2, 0.25) is 0 Å². The van der Waals surface area contributed by atoms with Crippen molar-refractivity contribution in [1.29, 1.82) is 0 Å². The van der Waals surface area contributed by atoms with Gasteiger partial charge in [0, 0.05) is 11.1 Å². The third-order valence-electron chi connectivity index (χ3n) is 3.61. The lowest BCUT2D eigenvalue weighted by Gasteiger charge is -2.07. The molecule has 4 nitrogen and oxygen atoms in total. The van der Waals surface area contributed by atoms with Gasteiger partial charge in [-0.25, -0.2) is 5.43 Å². The maximum atomic E-state index is 12.5. The van der Waals surface area contributed by atoms with Gasteiger partial charge < -0.3 is 0 Å². The second kappa shape index (κ2) is 6.40. The van der Waals surface area contributed by atoms with E-state index in [4.69, 9.17) is 0 Å². The standard InChI is InChI=1S/C19H17N3O/c1-13-12-17(16-10-6-7-11-18(16)20-13)19(23)22-21-14(2)15-8-4-3-5-9-15/h3-12H,1-2H3,(H,22,23)/b21-14+. The van der Waals surface area contributed by atoms with Gasteiger partial charge in [-0.2, -0.15) is 5.10 Å². The first-order valence-electron chi connectivity index (χ1n) is 7.41. The van der Waals surface area contributed by atoms with Crippen LogP contribution in [0.3, 0.4) is 0 Å². The summed E-state index contributed by atoms with van der Waals surface area (Å²) in [5.74, 6) is -0.234. The van der Waals surface area contributed by atoms with Gasteiger partial charge in [0.25, 0.3) is 5.91 Å². The number of fused-ring (bicyclic) bond motifs is 1. The lowest BCUT2D eigenvalue weighted by atomic mass is 10.1. The summed E-state index contributed by atoms with van der Waals surface area (Å²) in [5.41, 5.74) is 6.56. The van der Waals surface area contributed by atoms with Gasteiger partial charge in [-0.05, 0) is 31.5 Å². The normalized spacial score (nSPS) is 11.5. The zero-order chi connectivity index (χ0) is 16.2. The average Bonchev–Trinajstić information content (AvgIpc) is 2.59. The van der Waals surface area contributed by atoms with E-state index in [-0.39, 0.29) is 5.91 Å². The number of rotatable bonds is 3. The Morgan fingerprint density at radius 3 is 2.52 bits per heavy atom. The van der Waals surface area contributed by atoms with Crippen molar-refractivity contribution < 1.29 is 4.79 Å². The van der Waals surface area contributed by atoms with Crippen molar-refractivity contribution in [2.75, 3.05) is 0 Å². The quantitative estimate of drug-likeness (QED) is 0.592. The van der Waals surface area contributed by atoms with E-state index in [1.807, 2.05) is 68.4 Å². The van der Waals surface area contributed by atoms with Gasteiger partial charge >= 0.3 is 0 Å². The molecule has 0 aliphatic heterocycles. The molecule has 1 N–H and O–H groups in total. The van der Waals surface area contributed by atoms with E-state index in [0.29, 0.717) is 5.56 Å². The number of nitrogens with zero attached hydrogens (tertiary/aromatic N) is 2. The molecular weight excluding hydrogens is 286 g/mol. The van der Waals surface area contributed by atoms with Crippen LogP contribution < -0.4 is 5.43 Å². The zero-order valence-electron chi connectivity index (χ0n) is 13.1. The van der Waals surface area contributed by atoms with Crippen molar-refractivity contribution in [3.63, 3.8) is 0 Å². The molecule has 0 fully saturated rings. The molecule has 2 aromatic carbocycles. The molecule has 1 heterocycles. The van der Waals surface area contributed by atoms with Gasteiger partial charge in [0.15, 0.2) is 0 Å². The number of amides is 1. The molecule has 3 aromatic rings. The smallest absolute Gasteiger partial charge is 0.267 e. The first-order valence-corrected chi connectivity index (χ1v) is 7.41. The molecule has 0 spiro atoms. The highest BCUT2D eigenvalue weighted by Gasteiger charge is 2.11. The Morgan fingerprint density at radius 2 is 1.74 bits per heavy atom. The maximum absolute atomic E-state index is 12.5. The molecular formula is C19H17N3O. The fourth-order valence-electron chi connectivity index (χ4n) is 2.43. The number of benzene rings is 2. The summed E-state index contributed by atoms with van der Waals surface area (Å²) in [6.45, 7) is 3.74. The summed E-state index contributed by atoms with van der Waals surface area (Å²) in [5, 5.41) is 5.03. The van der Waals surface area contributed by atoms with Crippen molar-refractivity contribution in [3.8, 4) is 0 Å². The number of carbonyl (C=O) groups excluding carboxylic acids is 1. The van der Waals surface area contributed by atoms with Crippen LogP contribution in [-0.2, 0) is 0 Å². The number of nitrogens with one attached hydrogen (secondary N) is 1. The van der Waals surface area contributed by atoms with Crippen LogP contribution in [0, 0.1) is 6.92 Å². The van der Waals surface area contributed by atoms with Crippen LogP contribution in [0.4, 0.5) is 0 Å². The number of para-hydroxylation sites is 1. The third-order valence-corrected chi connectivity index (χ3v) is 3.61. The second-order valence-electron chi connectivity index (χ2n) is 5.33. The Balaban J connectivity index is 1.90. The molecule has 0 aliphatic rings. The van der Waals surface area contributed by atoms with E-state index < -0.39 is 0 Å². The minimum atomic E-state index is -0.234. The molecule has 0 aliphatic carbocycles. The Morgan fingerprint density at radius 1 is 1.04 bits per heavy atom. The van der Waals surface area contributed by atoms with Crippen LogP contribution in [0.5, 0.6) is 0 Å². The average molecular weight is 303 g/mol. The van der Waals surface area contributed by atoms with Gasteiger partial charge in [-0.15, -0.1) is 0 Å². The Kier molecular flexibility index (Phi) is 4.15. The van der Waals surface area contributed by atoms with E-state index in [2.05, 4.69) is 15.5 Å². The number of carbonyl (C=O) groups is 1. The molecule has 3 rings (SSSR count).